The second kappa shape index (κ2) is 5.05. The summed E-state index contributed by atoms with van der Waals surface area (Å²) in [6.45, 7) is 2.22. The minimum Gasteiger partial charge on any atom is -0.504 e. The third-order valence-corrected chi connectivity index (χ3v) is 3.45. The van der Waals surface area contributed by atoms with E-state index in [1.807, 2.05) is 6.92 Å². The molecule has 5 nitrogen and oxygen atoms in total. The van der Waals surface area contributed by atoms with E-state index >= 15 is 0 Å². The van der Waals surface area contributed by atoms with Gasteiger partial charge in [0.2, 0.25) is 0 Å². The molecule has 6 heteroatoms. The number of aromatic hydroxyl groups is 2. The number of aryl methyl sites for hydroxylation is 1. The first-order chi connectivity index (χ1) is 8.59. The Labute approximate surface area is 108 Å². The van der Waals surface area contributed by atoms with Gasteiger partial charge in [-0.2, -0.15) is 0 Å². The second-order valence-electron chi connectivity index (χ2n) is 3.72. The Kier molecular flexibility index (Phi) is 3.47. The van der Waals surface area contributed by atoms with E-state index in [9.17, 15) is 15.0 Å². The lowest BCUT2D eigenvalue weighted by Crippen LogP contribution is -2.22. The van der Waals surface area contributed by atoms with Gasteiger partial charge in [-0.15, -0.1) is 11.3 Å². The highest BCUT2D eigenvalue weighted by Crippen LogP contribution is 2.28. The van der Waals surface area contributed by atoms with E-state index in [1.165, 1.54) is 29.5 Å². The van der Waals surface area contributed by atoms with E-state index in [0.29, 0.717) is 6.54 Å². The van der Waals surface area contributed by atoms with Crippen molar-refractivity contribution in [2.24, 2.45) is 0 Å². The number of phenols is 2. The van der Waals surface area contributed by atoms with E-state index < -0.39 is 11.7 Å². The summed E-state index contributed by atoms with van der Waals surface area (Å²) in [7, 11) is 0. The Bertz CT molecular complexity index is 580. The summed E-state index contributed by atoms with van der Waals surface area (Å²) in [6.07, 6.45) is 0. The molecule has 0 fully saturated rings. The Morgan fingerprint density at radius 1 is 1.44 bits per heavy atom. The van der Waals surface area contributed by atoms with Crippen LogP contribution in [-0.2, 0) is 6.54 Å². The van der Waals surface area contributed by atoms with Gasteiger partial charge in [0.15, 0.2) is 11.5 Å². The summed E-state index contributed by atoms with van der Waals surface area (Å²) < 4.78 is 0. The SMILES string of the molecule is Cc1ncsc1CNC(=O)c1cccc(O)c1O. The number of aromatic nitrogens is 1. The van der Waals surface area contributed by atoms with Crippen molar-refractivity contribution in [3.8, 4) is 11.5 Å². The van der Waals surface area contributed by atoms with E-state index in [-0.39, 0.29) is 11.3 Å². The van der Waals surface area contributed by atoms with E-state index in [4.69, 9.17) is 0 Å². The first kappa shape index (κ1) is 12.4. The lowest BCUT2D eigenvalue weighted by atomic mass is 10.1. The first-order valence-corrected chi connectivity index (χ1v) is 6.15. The number of phenolic OH excluding ortho intramolecular Hbond substituents is 2. The molecule has 1 heterocycles. The average molecular weight is 264 g/mol. The third-order valence-electron chi connectivity index (χ3n) is 2.51. The van der Waals surface area contributed by atoms with Gasteiger partial charge in [0, 0.05) is 4.88 Å². The predicted molar refractivity (Wildman–Crippen MR) is 67.8 cm³/mol. The number of nitrogens with one attached hydrogen (secondary N) is 1. The van der Waals surface area contributed by atoms with Crippen LogP contribution in [0.25, 0.3) is 0 Å². The molecule has 0 atom stereocenters. The van der Waals surface area contributed by atoms with Gasteiger partial charge in [0.25, 0.3) is 5.91 Å². The molecule has 2 aromatic rings. The molecule has 94 valence electrons. The zero-order chi connectivity index (χ0) is 13.1. The van der Waals surface area contributed by atoms with Crippen LogP contribution in [0.1, 0.15) is 20.9 Å². The van der Waals surface area contributed by atoms with Crippen molar-refractivity contribution in [3.05, 3.63) is 39.8 Å². The number of hydrogen-bond acceptors (Lipinski definition) is 5. The Balaban J connectivity index is 2.09. The van der Waals surface area contributed by atoms with Crippen molar-refractivity contribution in [2.75, 3.05) is 0 Å². The molecule has 2 rings (SSSR count). The summed E-state index contributed by atoms with van der Waals surface area (Å²) in [5.74, 6) is -1.15. The van der Waals surface area contributed by atoms with Crippen LogP contribution in [0, 0.1) is 6.92 Å². The number of carbonyl (C=O) groups excluding carboxylic acids is 1. The van der Waals surface area contributed by atoms with E-state index in [0.717, 1.165) is 10.6 Å². The largest absolute Gasteiger partial charge is 0.504 e. The number of hydrogen-bond donors (Lipinski definition) is 3. The van der Waals surface area contributed by atoms with Crippen LogP contribution >= 0.6 is 11.3 Å². The zero-order valence-electron chi connectivity index (χ0n) is 9.67. The molecule has 3 N–H and O–H groups in total. The highest BCUT2D eigenvalue weighted by Gasteiger charge is 2.14. The van der Waals surface area contributed by atoms with E-state index in [1.54, 1.807) is 5.51 Å². The molecule has 0 unspecified atom stereocenters. The summed E-state index contributed by atoms with van der Waals surface area (Å²) >= 11 is 1.46. The van der Waals surface area contributed by atoms with Gasteiger partial charge in [0.1, 0.15) is 0 Å². The van der Waals surface area contributed by atoms with E-state index in [2.05, 4.69) is 10.3 Å². The van der Waals surface area contributed by atoms with Gasteiger partial charge < -0.3 is 15.5 Å². The van der Waals surface area contributed by atoms with Crippen LogP contribution < -0.4 is 5.32 Å². The maximum Gasteiger partial charge on any atom is 0.255 e. The number of benzene rings is 1. The molecular formula is C12H12N2O3S. The average Bonchev–Trinajstić information content (AvgIpc) is 2.75. The molecule has 0 aliphatic rings. The van der Waals surface area contributed by atoms with Gasteiger partial charge in [-0.05, 0) is 19.1 Å². The quantitative estimate of drug-likeness (QED) is 0.738. The molecule has 1 amide bonds. The van der Waals surface area contributed by atoms with Gasteiger partial charge in [0.05, 0.1) is 23.3 Å². The molecule has 0 saturated carbocycles. The molecule has 1 aromatic carbocycles. The van der Waals surface area contributed by atoms with Crippen LogP contribution in [0.3, 0.4) is 0 Å². The summed E-state index contributed by atoms with van der Waals surface area (Å²) in [5.41, 5.74) is 2.64. The second-order valence-corrected chi connectivity index (χ2v) is 4.66. The van der Waals surface area contributed by atoms with Crippen LogP contribution in [0.15, 0.2) is 23.7 Å². The van der Waals surface area contributed by atoms with Gasteiger partial charge in [-0.3, -0.25) is 4.79 Å². The summed E-state index contributed by atoms with van der Waals surface area (Å²) in [4.78, 5) is 16.9. The molecule has 0 bridgehead atoms. The zero-order valence-corrected chi connectivity index (χ0v) is 10.5. The molecule has 1 aromatic heterocycles. The molecule has 0 spiro atoms. The van der Waals surface area contributed by atoms with Crippen LogP contribution in [-0.4, -0.2) is 21.1 Å². The van der Waals surface area contributed by atoms with Gasteiger partial charge >= 0.3 is 0 Å². The topological polar surface area (TPSA) is 82.5 Å². The lowest BCUT2D eigenvalue weighted by Gasteiger charge is -2.07. The molecule has 18 heavy (non-hydrogen) atoms. The molecular weight excluding hydrogens is 252 g/mol. The number of rotatable bonds is 3. The van der Waals surface area contributed by atoms with Crippen LogP contribution in [0.4, 0.5) is 0 Å². The molecule has 0 saturated heterocycles. The maximum absolute atomic E-state index is 11.8. The Morgan fingerprint density at radius 2 is 2.22 bits per heavy atom. The maximum atomic E-state index is 11.8. The smallest absolute Gasteiger partial charge is 0.255 e. The number of amides is 1. The number of nitrogens with zero attached hydrogens (tertiary/aromatic N) is 1. The van der Waals surface area contributed by atoms with Crippen molar-refractivity contribution < 1.29 is 15.0 Å². The monoisotopic (exact) mass is 264 g/mol. The molecule has 0 aliphatic heterocycles. The fourth-order valence-corrected chi connectivity index (χ4v) is 2.18. The first-order valence-electron chi connectivity index (χ1n) is 5.27. The number of carbonyl (C=O) groups is 1. The minimum absolute atomic E-state index is 0.0529. The normalized spacial score (nSPS) is 10.3. The summed E-state index contributed by atoms with van der Waals surface area (Å²) in [5, 5.41) is 21.5. The van der Waals surface area contributed by atoms with Crippen molar-refractivity contribution in [1.29, 1.82) is 0 Å². The van der Waals surface area contributed by atoms with Crippen molar-refractivity contribution in [2.45, 2.75) is 13.5 Å². The highest BCUT2D eigenvalue weighted by atomic mass is 32.1. The van der Waals surface area contributed by atoms with Crippen molar-refractivity contribution >= 4 is 17.2 Å². The number of para-hydroxylation sites is 1. The van der Waals surface area contributed by atoms with Crippen LogP contribution in [0.2, 0.25) is 0 Å². The van der Waals surface area contributed by atoms with Crippen molar-refractivity contribution in [3.63, 3.8) is 0 Å². The summed E-state index contributed by atoms with van der Waals surface area (Å²) in [6, 6.07) is 4.27. The fraction of sp³-hybridized carbons (Fsp3) is 0.167. The third kappa shape index (κ3) is 2.43. The molecule has 0 radical (unpaired) electrons. The Hall–Kier alpha value is -2.08. The Morgan fingerprint density at radius 3 is 2.89 bits per heavy atom. The van der Waals surface area contributed by atoms with Gasteiger partial charge in [-0.25, -0.2) is 4.98 Å². The lowest BCUT2D eigenvalue weighted by molar-refractivity contribution is 0.0948. The standard InChI is InChI=1S/C12H12N2O3S/c1-7-10(18-6-14-7)5-13-12(17)8-3-2-4-9(15)11(8)16/h2-4,6,15-16H,5H2,1H3,(H,13,17). The predicted octanol–water partition coefficient (Wildman–Crippen LogP) is 1.79. The van der Waals surface area contributed by atoms with Gasteiger partial charge in [-0.1, -0.05) is 6.07 Å². The highest BCUT2D eigenvalue weighted by molar-refractivity contribution is 7.09. The number of thiazole rings is 1. The molecule has 0 aliphatic carbocycles. The van der Waals surface area contributed by atoms with Crippen molar-refractivity contribution in [1.82, 2.24) is 10.3 Å². The minimum atomic E-state index is -0.434. The van der Waals surface area contributed by atoms with Crippen LogP contribution in [0.5, 0.6) is 11.5 Å². The fourth-order valence-electron chi connectivity index (χ4n) is 1.47.